The quantitative estimate of drug-likeness (QED) is 0.0128. The number of nitrogens with one attached hydrogen (secondary N) is 1. The lowest BCUT2D eigenvalue weighted by molar-refractivity contribution is -0.385. The maximum absolute atomic E-state index is 13.2. The van der Waals surface area contributed by atoms with Gasteiger partial charge in [-0.3, -0.25) is 14.7 Å². The molecule has 402 valence electrons. The number of alkyl carbamates (subject to hydrolysis) is 1. The lowest BCUT2D eigenvalue weighted by Gasteiger charge is -2.17. The van der Waals surface area contributed by atoms with Crippen molar-refractivity contribution < 1.29 is 85.2 Å². The third-order valence-electron chi connectivity index (χ3n) is 10.6. The molecule has 0 aliphatic rings. The highest BCUT2D eigenvalue weighted by Gasteiger charge is 2.24. The van der Waals surface area contributed by atoms with Gasteiger partial charge in [-0.2, -0.15) is 4.20 Å². The van der Waals surface area contributed by atoms with E-state index in [1.807, 2.05) is 0 Å². The number of amides is 1. The first-order valence-corrected chi connectivity index (χ1v) is 25.4. The molecule has 7 rings (SSSR count). The number of ether oxygens (including phenoxy) is 9. The van der Waals surface area contributed by atoms with Gasteiger partial charge in [-0.05, 0) is 90.0 Å². The SMILES string of the molecule is O=C(NCCOCCOCCP(=O)(O)F)OCc1cc(OCc2cc(OC(=O)c3ccccc3)cc(OC(=O)c3ccccc3)c2)c(OCc2cc(OC(=O)c3ccccc3)cc(OC(=O)c3ccccc3)c2)cc1[N+](=O)[O-]. The van der Waals surface area contributed by atoms with Gasteiger partial charge in [0, 0.05) is 18.7 Å². The lowest BCUT2D eigenvalue weighted by Crippen LogP contribution is -2.28. The van der Waals surface area contributed by atoms with Crippen LogP contribution in [0.4, 0.5) is 14.7 Å². The smallest absolute Gasteiger partial charge is 0.407 e. The summed E-state index contributed by atoms with van der Waals surface area (Å²) >= 11 is 0. The van der Waals surface area contributed by atoms with Crippen LogP contribution in [-0.4, -0.2) is 78.9 Å². The van der Waals surface area contributed by atoms with Crippen LogP contribution in [0.2, 0.25) is 0 Å². The highest BCUT2D eigenvalue weighted by Crippen LogP contribution is 2.41. The maximum Gasteiger partial charge on any atom is 0.407 e. The van der Waals surface area contributed by atoms with Crippen molar-refractivity contribution in [3.05, 3.63) is 219 Å². The number of esters is 4. The van der Waals surface area contributed by atoms with Crippen LogP contribution in [0.1, 0.15) is 58.1 Å². The Morgan fingerprint density at radius 2 is 0.885 bits per heavy atom. The minimum absolute atomic E-state index is 0.0153. The monoisotopic (exact) mass is 1090 g/mol. The van der Waals surface area contributed by atoms with Gasteiger partial charge in [0.1, 0.15) is 42.8 Å². The molecule has 0 bridgehead atoms. The van der Waals surface area contributed by atoms with E-state index in [0.29, 0.717) is 0 Å². The molecule has 0 spiro atoms. The van der Waals surface area contributed by atoms with E-state index in [0.717, 1.165) is 6.07 Å². The number of carbonyl (C=O) groups is 5. The minimum Gasteiger partial charge on any atom is -0.485 e. The Labute approximate surface area is 444 Å². The molecule has 0 aliphatic carbocycles. The third kappa shape index (κ3) is 18.0. The van der Waals surface area contributed by atoms with Crippen molar-refractivity contribution in [3.8, 4) is 34.5 Å². The Bertz CT molecular complexity index is 3110. The summed E-state index contributed by atoms with van der Waals surface area (Å²) in [6, 6.07) is 43.1. The molecule has 2 N–H and O–H groups in total. The van der Waals surface area contributed by atoms with E-state index in [4.69, 9.17) is 47.5 Å². The van der Waals surface area contributed by atoms with Gasteiger partial charge in [0.25, 0.3) is 5.69 Å². The predicted octanol–water partition coefficient (Wildman–Crippen LogP) is 10.0. The average molecular weight is 1090 g/mol. The summed E-state index contributed by atoms with van der Waals surface area (Å²) in [7, 11) is -4.70. The molecule has 0 radical (unpaired) electrons. The van der Waals surface area contributed by atoms with Gasteiger partial charge in [-0.1, -0.05) is 72.8 Å². The van der Waals surface area contributed by atoms with Crippen LogP contribution in [0.15, 0.2) is 170 Å². The normalized spacial score (nSPS) is 11.5. The van der Waals surface area contributed by atoms with E-state index >= 15 is 0 Å². The molecule has 0 saturated heterocycles. The molecule has 0 fully saturated rings. The number of hydrogen-bond acceptors (Lipinski definition) is 17. The second-order valence-corrected chi connectivity index (χ2v) is 18.2. The standard InChI is InChI=1S/C56H48FN2O18P/c57-78(67,68)26-25-70-24-23-69-22-21-58-56(64)73-37-44-31-50(71-35-38-27-45(74-52(60)40-13-5-1-6-14-40)32-46(28-38)75-53(61)41-15-7-2-8-16-41)51(34-49(44)59(65)66)72-36-39-29-47(76-54(62)42-17-9-3-10-18-42)33-48(30-39)77-55(63)43-19-11-4-12-20-43/h1-20,27-34H,21-26,35-37H2,(H,58,64)(H,67,68). The van der Waals surface area contributed by atoms with E-state index in [1.54, 1.807) is 121 Å². The van der Waals surface area contributed by atoms with Crippen LogP contribution in [0.25, 0.3) is 0 Å². The lowest BCUT2D eigenvalue weighted by atomic mass is 10.1. The zero-order chi connectivity index (χ0) is 55.3. The molecule has 0 saturated carbocycles. The molecule has 1 amide bonds. The van der Waals surface area contributed by atoms with Gasteiger partial charge in [0.2, 0.25) is 0 Å². The van der Waals surface area contributed by atoms with E-state index in [2.05, 4.69) is 5.32 Å². The minimum atomic E-state index is -4.70. The van der Waals surface area contributed by atoms with Gasteiger partial charge in [0.05, 0.1) is 71.4 Å². The number of benzene rings is 7. The molecule has 7 aromatic rings. The molecule has 0 heterocycles. The molecular weight excluding hydrogens is 1040 g/mol. The van der Waals surface area contributed by atoms with Gasteiger partial charge in [-0.15, -0.1) is 0 Å². The Kier molecular flexibility index (Phi) is 20.3. The summed E-state index contributed by atoms with van der Waals surface area (Å²) in [6.07, 6.45) is -1.65. The van der Waals surface area contributed by atoms with Gasteiger partial charge < -0.3 is 52.8 Å². The van der Waals surface area contributed by atoms with E-state index in [-0.39, 0.29) is 113 Å². The highest BCUT2D eigenvalue weighted by molar-refractivity contribution is 7.52. The Hall–Kier alpha value is -9.27. The van der Waals surface area contributed by atoms with Crippen molar-refractivity contribution in [2.45, 2.75) is 19.8 Å². The predicted molar refractivity (Wildman–Crippen MR) is 276 cm³/mol. The van der Waals surface area contributed by atoms with Gasteiger partial charge in [0.15, 0.2) is 11.5 Å². The number of nitro groups is 1. The van der Waals surface area contributed by atoms with Crippen LogP contribution < -0.4 is 33.7 Å². The Balaban J connectivity index is 1.16. The molecule has 22 heteroatoms. The topological polar surface area (TPSA) is 261 Å². The number of carbonyl (C=O) groups excluding carboxylic acids is 5. The summed E-state index contributed by atoms with van der Waals surface area (Å²) in [6.45, 7) is -1.84. The second-order valence-electron chi connectivity index (χ2n) is 16.5. The molecular formula is C56H48FN2O18P. The zero-order valence-corrected chi connectivity index (χ0v) is 42.1. The van der Waals surface area contributed by atoms with E-state index < -0.39 is 67.6 Å². The number of nitrogens with zero attached hydrogens (tertiary/aromatic N) is 1. The number of hydrogen-bond donors (Lipinski definition) is 2. The summed E-state index contributed by atoms with van der Waals surface area (Å²) in [5, 5.41) is 15.1. The molecule has 0 aromatic heterocycles. The molecule has 1 unspecified atom stereocenters. The molecule has 0 aliphatic heterocycles. The fraction of sp³-hybridized carbons (Fsp3) is 0.161. The first-order chi connectivity index (χ1) is 37.7. The summed E-state index contributed by atoms with van der Waals surface area (Å²) in [4.78, 5) is 86.2. The zero-order valence-electron chi connectivity index (χ0n) is 41.2. The summed E-state index contributed by atoms with van der Waals surface area (Å²) in [5.74, 6) is -3.42. The van der Waals surface area contributed by atoms with Crippen molar-refractivity contribution in [2.75, 3.05) is 39.1 Å². The first kappa shape index (κ1) is 56.5. The van der Waals surface area contributed by atoms with Crippen LogP contribution in [-0.2, 0) is 38.6 Å². The third-order valence-corrected chi connectivity index (χ3v) is 11.4. The Morgan fingerprint density at radius 3 is 1.26 bits per heavy atom. The van der Waals surface area contributed by atoms with Crippen molar-refractivity contribution in [2.24, 2.45) is 0 Å². The van der Waals surface area contributed by atoms with Crippen LogP contribution in [0.3, 0.4) is 0 Å². The molecule has 20 nitrogen and oxygen atoms in total. The fourth-order valence-electron chi connectivity index (χ4n) is 6.97. The van der Waals surface area contributed by atoms with E-state index in [1.165, 1.54) is 42.5 Å². The van der Waals surface area contributed by atoms with Crippen molar-refractivity contribution in [1.29, 1.82) is 0 Å². The molecule has 7 aromatic carbocycles. The van der Waals surface area contributed by atoms with Crippen LogP contribution >= 0.6 is 7.68 Å². The summed E-state index contributed by atoms with van der Waals surface area (Å²) < 4.78 is 74.5. The molecule has 1 atom stereocenters. The Morgan fingerprint density at radius 1 is 0.513 bits per heavy atom. The second kappa shape index (κ2) is 28.0. The maximum atomic E-state index is 13.2. The first-order valence-electron chi connectivity index (χ1n) is 23.7. The van der Waals surface area contributed by atoms with Crippen molar-refractivity contribution >= 4 is 43.3 Å². The number of rotatable bonds is 26. The summed E-state index contributed by atoms with van der Waals surface area (Å²) in [5.41, 5.74) is 0.715. The van der Waals surface area contributed by atoms with Gasteiger partial charge in [-0.25, -0.2) is 24.0 Å². The molecule has 78 heavy (non-hydrogen) atoms. The van der Waals surface area contributed by atoms with Crippen molar-refractivity contribution in [3.63, 3.8) is 0 Å². The number of halogens is 1. The van der Waals surface area contributed by atoms with E-state index in [9.17, 15) is 42.8 Å². The fourth-order valence-corrected chi connectivity index (χ4v) is 7.32. The highest BCUT2D eigenvalue weighted by atomic mass is 31.2. The average Bonchev–Trinajstić information content (AvgIpc) is 3.44. The van der Waals surface area contributed by atoms with Crippen molar-refractivity contribution in [1.82, 2.24) is 5.32 Å². The largest absolute Gasteiger partial charge is 0.485 e. The van der Waals surface area contributed by atoms with Crippen LogP contribution in [0.5, 0.6) is 34.5 Å². The van der Waals surface area contributed by atoms with Crippen LogP contribution in [0, 0.1) is 10.1 Å². The van der Waals surface area contributed by atoms with Gasteiger partial charge >= 0.3 is 37.6 Å². The number of nitro benzene ring substituents is 1.